The van der Waals surface area contributed by atoms with Crippen molar-refractivity contribution in [3.05, 3.63) is 94.4 Å². The van der Waals surface area contributed by atoms with Crippen LogP contribution in [0.1, 0.15) is 29.7 Å². The number of nitrogens with zero attached hydrogens (tertiary/aromatic N) is 3. The quantitative estimate of drug-likeness (QED) is 0.236. The lowest BCUT2D eigenvalue weighted by atomic mass is 9.94. The van der Waals surface area contributed by atoms with Crippen LogP contribution >= 0.6 is 11.8 Å². The van der Waals surface area contributed by atoms with E-state index in [0.717, 1.165) is 5.56 Å². The van der Waals surface area contributed by atoms with Crippen molar-refractivity contribution in [1.82, 2.24) is 14.8 Å². The normalized spacial score (nSPS) is 14.2. The van der Waals surface area contributed by atoms with E-state index in [0.29, 0.717) is 62.2 Å². The summed E-state index contributed by atoms with van der Waals surface area (Å²) in [6.07, 6.45) is 0. The molecular weight excluding hydrogens is 545 g/mol. The van der Waals surface area contributed by atoms with E-state index in [9.17, 15) is 9.18 Å². The predicted octanol–water partition coefficient (Wildman–Crippen LogP) is 5.97. The molecule has 2 N–H and O–H groups in total. The minimum Gasteiger partial charge on any atom is -0.493 e. The first-order valence-electron chi connectivity index (χ1n) is 12.8. The van der Waals surface area contributed by atoms with Gasteiger partial charge in [-0.15, -0.1) is 5.10 Å². The second-order valence-corrected chi connectivity index (χ2v) is 10.3. The van der Waals surface area contributed by atoms with Crippen LogP contribution in [0.2, 0.25) is 0 Å². The van der Waals surface area contributed by atoms with E-state index < -0.39 is 6.04 Å². The van der Waals surface area contributed by atoms with Crippen molar-refractivity contribution in [2.45, 2.75) is 30.8 Å². The van der Waals surface area contributed by atoms with E-state index >= 15 is 0 Å². The molecule has 0 bridgehead atoms. The fourth-order valence-corrected chi connectivity index (χ4v) is 5.53. The second kappa shape index (κ2) is 11.9. The minimum absolute atomic E-state index is 0.287. The Morgan fingerprint density at radius 2 is 1.71 bits per heavy atom. The number of ether oxygens (including phenoxy) is 3. The van der Waals surface area contributed by atoms with E-state index in [-0.39, 0.29) is 11.7 Å². The lowest BCUT2D eigenvalue weighted by molar-refractivity contribution is -0.113. The summed E-state index contributed by atoms with van der Waals surface area (Å²) in [6, 6.07) is 17.1. The number of carbonyl (C=O) groups excluding carboxylic acids is 1. The number of allylic oxidation sites excluding steroid dienone is 1. The van der Waals surface area contributed by atoms with Crippen molar-refractivity contribution >= 4 is 29.3 Å². The summed E-state index contributed by atoms with van der Waals surface area (Å²) in [4.78, 5) is 18.6. The molecule has 3 aromatic carbocycles. The number of carbonyl (C=O) groups is 1. The molecule has 212 valence electrons. The van der Waals surface area contributed by atoms with Crippen molar-refractivity contribution < 1.29 is 23.4 Å². The van der Waals surface area contributed by atoms with Gasteiger partial charge in [-0.1, -0.05) is 48.2 Å². The lowest BCUT2D eigenvalue weighted by Crippen LogP contribution is -2.31. The average molecular weight is 576 g/mol. The summed E-state index contributed by atoms with van der Waals surface area (Å²) in [6.45, 7) is 3.75. The van der Waals surface area contributed by atoms with Gasteiger partial charge in [0.25, 0.3) is 5.91 Å². The number of para-hydroxylation sites is 1. The highest BCUT2D eigenvalue weighted by Crippen LogP contribution is 2.44. The molecule has 1 aromatic heterocycles. The predicted molar refractivity (Wildman–Crippen MR) is 156 cm³/mol. The Labute approximate surface area is 241 Å². The molecule has 4 aromatic rings. The maximum atomic E-state index is 14.2. The lowest BCUT2D eigenvalue weighted by Gasteiger charge is -2.29. The van der Waals surface area contributed by atoms with E-state index in [4.69, 9.17) is 19.3 Å². The summed E-state index contributed by atoms with van der Waals surface area (Å²) in [7, 11) is 4.60. The van der Waals surface area contributed by atoms with Gasteiger partial charge in [-0.05, 0) is 54.8 Å². The van der Waals surface area contributed by atoms with Crippen molar-refractivity contribution in [1.29, 1.82) is 0 Å². The molecule has 1 atom stereocenters. The molecule has 41 heavy (non-hydrogen) atoms. The Balaban J connectivity index is 1.59. The van der Waals surface area contributed by atoms with Gasteiger partial charge in [0.05, 0.1) is 26.9 Å². The van der Waals surface area contributed by atoms with Gasteiger partial charge in [0.2, 0.25) is 16.9 Å². The first-order chi connectivity index (χ1) is 19.8. The summed E-state index contributed by atoms with van der Waals surface area (Å²) < 4.78 is 32.7. The van der Waals surface area contributed by atoms with Gasteiger partial charge in [0.1, 0.15) is 11.9 Å². The number of aromatic nitrogens is 3. The molecule has 1 aliphatic rings. The van der Waals surface area contributed by atoms with E-state index in [1.54, 1.807) is 35.0 Å². The zero-order chi connectivity index (χ0) is 29.1. The molecule has 0 spiro atoms. The largest absolute Gasteiger partial charge is 0.493 e. The molecule has 0 radical (unpaired) electrons. The van der Waals surface area contributed by atoms with Gasteiger partial charge in [-0.2, -0.15) is 4.98 Å². The highest BCUT2D eigenvalue weighted by atomic mass is 32.2. The fourth-order valence-electron chi connectivity index (χ4n) is 4.71. The van der Waals surface area contributed by atoms with Crippen LogP contribution in [-0.2, 0) is 10.5 Å². The first kappa shape index (κ1) is 28.0. The Bertz CT molecular complexity index is 1610. The number of benzene rings is 3. The van der Waals surface area contributed by atoms with Crippen LogP contribution < -0.4 is 24.8 Å². The number of fused-ring (bicyclic) bond motifs is 1. The average Bonchev–Trinajstić information content (AvgIpc) is 3.38. The van der Waals surface area contributed by atoms with E-state index in [2.05, 4.69) is 15.6 Å². The molecule has 0 fully saturated rings. The molecule has 2 heterocycles. The smallest absolute Gasteiger partial charge is 0.255 e. The van der Waals surface area contributed by atoms with Crippen LogP contribution in [0, 0.1) is 12.7 Å². The minimum atomic E-state index is -0.695. The Hall–Kier alpha value is -4.51. The molecule has 1 aliphatic heterocycles. The molecule has 5 rings (SSSR count). The molecule has 0 saturated carbocycles. The van der Waals surface area contributed by atoms with Crippen LogP contribution in [-0.4, -0.2) is 42.0 Å². The third kappa shape index (κ3) is 5.58. The van der Waals surface area contributed by atoms with Gasteiger partial charge in [-0.25, -0.2) is 9.07 Å². The SMILES string of the molecule is COc1cc(C2C(C(=O)Nc3ccccc3C)=C(C)Nc3nc(SCc4ccccc4F)nn32)cc(OC)c1OC. The summed E-state index contributed by atoms with van der Waals surface area (Å²) >= 11 is 1.30. The number of halogens is 1. The highest BCUT2D eigenvalue weighted by Gasteiger charge is 2.36. The van der Waals surface area contributed by atoms with Gasteiger partial charge < -0.3 is 24.8 Å². The third-order valence-corrected chi connectivity index (χ3v) is 7.67. The number of hydrogen-bond acceptors (Lipinski definition) is 8. The van der Waals surface area contributed by atoms with Crippen molar-refractivity contribution in [3.8, 4) is 17.2 Å². The Morgan fingerprint density at radius 3 is 2.37 bits per heavy atom. The van der Waals surface area contributed by atoms with Crippen LogP contribution in [0.4, 0.5) is 16.0 Å². The third-order valence-electron chi connectivity index (χ3n) is 6.79. The van der Waals surface area contributed by atoms with Crippen LogP contribution in [0.15, 0.2) is 77.1 Å². The van der Waals surface area contributed by atoms with Crippen LogP contribution in [0.5, 0.6) is 17.2 Å². The number of hydrogen-bond donors (Lipinski definition) is 2. The molecule has 1 unspecified atom stereocenters. The fraction of sp³-hybridized carbons (Fsp3) is 0.233. The number of nitrogens with one attached hydrogen (secondary N) is 2. The number of methoxy groups -OCH3 is 3. The van der Waals surface area contributed by atoms with Gasteiger partial charge in [0.15, 0.2) is 11.5 Å². The molecule has 11 heteroatoms. The number of thioether (sulfide) groups is 1. The number of aryl methyl sites for hydroxylation is 1. The maximum Gasteiger partial charge on any atom is 0.255 e. The van der Waals surface area contributed by atoms with E-state index in [1.807, 2.05) is 38.1 Å². The monoisotopic (exact) mass is 575 g/mol. The molecular formula is C30H30FN5O4S. The highest BCUT2D eigenvalue weighted by molar-refractivity contribution is 7.98. The second-order valence-electron chi connectivity index (χ2n) is 9.34. The molecule has 9 nitrogen and oxygen atoms in total. The van der Waals surface area contributed by atoms with Crippen molar-refractivity contribution in [3.63, 3.8) is 0 Å². The molecule has 1 amide bonds. The first-order valence-corrected chi connectivity index (χ1v) is 13.8. The summed E-state index contributed by atoms with van der Waals surface area (Å²) in [5.41, 5.74) is 3.90. The number of anilines is 2. The molecule has 0 aliphatic carbocycles. The summed E-state index contributed by atoms with van der Waals surface area (Å²) in [5, 5.41) is 11.5. The number of amides is 1. The standard InChI is InChI=1S/C30H30FN5O4S/c1-17-10-6-9-13-22(17)33-28(37)25-18(2)32-29-34-30(41-16-19-11-7-8-12-21(19)31)35-36(29)26(25)20-14-23(38-3)27(40-5)24(15-20)39-4/h6-15,26H,16H2,1-5H3,(H,33,37)(H,32,34,35). The Morgan fingerprint density at radius 1 is 1.02 bits per heavy atom. The maximum absolute atomic E-state index is 14.2. The summed E-state index contributed by atoms with van der Waals surface area (Å²) in [5.74, 6) is 1.51. The van der Waals surface area contributed by atoms with Gasteiger partial charge in [-0.3, -0.25) is 4.79 Å². The van der Waals surface area contributed by atoms with Crippen molar-refractivity contribution in [2.24, 2.45) is 0 Å². The molecule has 0 saturated heterocycles. The van der Waals surface area contributed by atoms with Crippen LogP contribution in [0.3, 0.4) is 0 Å². The number of rotatable bonds is 9. The Kier molecular flexibility index (Phi) is 8.16. The zero-order valence-corrected chi connectivity index (χ0v) is 24.1. The topological polar surface area (TPSA) is 99.5 Å². The zero-order valence-electron chi connectivity index (χ0n) is 23.3. The van der Waals surface area contributed by atoms with Gasteiger partial charge in [0, 0.05) is 17.1 Å². The van der Waals surface area contributed by atoms with Crippen LogP contribution in [0.25, 0.3) is 0 Å². The van der Waals surface area contributed by atoms with Crippen molar-refractivity contribution in [2.75, 3.05) is 32.0 Å². The van der Waals surface area contributed by atoms with Gasteiger partial charge >= 0.3 is 0 Å². The van der Waals surface area contributed by atoms with E-state index in [1.165, 1.54) is 39.2 Å².